The van der Waals surface area contributed by atoms with E-state index in [-0.39, 0.29) is 24.1 Å². The van der Waals surface area contributed by atoms with E-state index in [1.165, 1.54) is 6.07 Å². The van der Waals surface area contributed by atoms with E-state index >= 15 is 0 Å². The molecule has 2 heterocycles. The first-order valence-corrected chi connectivity index (χ1v) is 10.9. The third kappa shape index (κ3) is 4.72. The number of anilines is 2. The zero-order valence-electron chi connectivity index (χ0n) is 16.4. The average molecular weight is 513 g/mol. The maximum atomic E-state index is 14.3. The molecule has 1 aromatic heterocycles. The lowest BCUT2D eigenvalue weighted by molar-refractivity contribution is -0.148. The maximum absolute atomic E-state index is 14.3. The van der Waals surface area contributed by atoms with Crippen LogP contribution in [0.2, 0.25) is 0 Å². The molecule has 1 aliphatic heterocycles. The van der Waals surface area contributed by atoms with Crippen molar-refractivity contribution in [3.63, 3.8) is 0 Å². The van der Waals surface area contributed by atoms with E-state index in [1.807, 2.05) is 19.9 Å². The summed E-state index contributed by atoms with van der Waals surface area (Å²) < 4.78 is 27.1. The van der Waals surface area contributed by atoms with Crippen molar-refractivity contribution in [1.82, 2.24) is 10.3 Å². The number of aromatic nitrogens is 1. The number of aliphatic hydroxyl groups is 1. The summed E-state index contributed by atoms with van der Waals surface area (Å²) in [6.07, 6.45) is 4.99. The minimum absolute atomic E-state index is 0.0272. The summed E-state index contributed by atoms with van der Waals surface area (Å²) in [4.78, 5) is 4.12. The molecule has 1 saturated heterocycles. The number of halogens is 2. The summed E-state index contributed by atoms with van der Waals surface area (Å²) in [5.74, 6) is -0.973. The van der Waals surface area contributed by atoms with E-state index in [1.54, 1.807) is 24.5 Å². The normalized spacial score (nSPS) is 26.7. The Morgan fingerprint density at radius 3 is 2.86 bits per heavy atom. The molecular weight excluding hydrogens is 488 g/mol. The van der Waals surface area contributed by atoms with Gasteiger partial charge in [-0.2, -0.15) is 0 Å². The molecule has 4 rings (SSSR count). The third-order valence-electron chi connectivity index (χ3n) is 5.34. The molecule has 29 heavy (non-hydrogen) atoms. The largest absolute Gasteiger partial charge is 0.374 e. The van der Waals surface area contributed by atoms with Crippen LogP contribution in [0, 0.1) is 9.39 Å². The van der Waals surface area contributed by atoms with Crippen molar-refractivity contribution < 1.29 is 19.0 Å². The van der Waals surface area contributed by atoms with E-state index in [4.69, 9.17) is 9.47 Å². The smallest absolute Gasteiger partial charge is 0.163 e. The molecule has 2 aromatic rings. The second-order valence-electron chi connectivity index (χ2n) is 7.96. The highest BCUT2D eigenvalue weighted by atomic mass is 127. The van der Waals surface area contributed by atoms with Crippen LogP contribution in [0.5, 0.6) is 0 Å². The van der Waals surface area contributed by atoms with E-state index in [9.17, 15) is 9.50 Å². The quantitative estimate of drug-likeness (QED) is 0.411. The van der Waals surface area contributed by atoms with Gasteiger partial charge in [0.1, 0.15) is 18.1 Å². The van der Waals surface area contributed by atoms with E-state index in [2.05, 4.69) is 38.2 Å². The Morgan fingerprint density at radius 2 is 2.07 bits per heavy atom. The predicted octanol–water partition coefficient (Wildman–Crippen LogP) is 4.22. The van der Waals surface area contributed by atoms with Gasteiger partial charge in [-0.05, 0) is 80.0 Å². The molecule has 6 nitrogen and oxygen atoms in total. The fourth-order valence-corrected chi connectivity index (χ4v) is 4.54. The van der Waals surface area contributed by atoms with Crippen molar-refractivity contribution in [2.24, 2.45) is 0 Å². The van der Waals surface area contributed by atoms with Gasteiger partial charge >= 0.3 is 0 Å². The summed E-state index contributed by atoms with van der Waals surface area (Å²) in [6, 6.07) is 6.63. The van der Waals surface area contributed by atoms with Crippen molar-refractivity contribution in [3.8, 4) is 0 Å². The predicted molar refractivity (Wildman–Crippen MR) is 116 cm³/mol. The van der Waals surface area contributed by atoms with E-state index < -0.39 is 12.0 Å². The van der Waals surface area contributed by atoms with Crippen molar-refractivity contribution >= 4 is 34.0 Å². The van der Waals surface area contributed by atoms with Gasteiger partial charge in [-0.15, -0.1) is 0 Å². The first kappa shape index (κ1) is 20.9. The molecule has 0 amide bonds. The lowest BCUT2D eigenvalue weighted by Gasteiger charge is -2.34. The van der Waals surface area contributed by atoms with Gasteiger partial charge in [0.2, 0.25) is 0 Å². The molecular formula is C21H25FIN3O3. The van der Waals surface area contributed by atoms with Crippen LogP contribution >= 0.6 is 22.6 Å². The van der Waals surface area contributed by atoms with E-state index in [0.29, 0.717) is 16.9 Å². The van der Waals surface area contributed by atoms with Crippen LogP contribution in [0.3, 0.4) is 0 Å². The van der Waals surface area contributed by atoms with E-state index in [0.717, 1.165) is 22.8 Å². The van der Waals surface area contributed by atoms with Gasteiger partial charge in [-0.1, -0.05) is 0 Å². The average Bonchev–Trinajstić information content (AvgIpc) is 2.99. The Bertz CT molecular complexity index is 882. The number of pyridine rings is 1. The van der Waals surface area contributed by atoms with Gasteiger partial charge in [0.15, 0.2) is 5.79 Å². The maximum Gasteiger partial charge on any atom is 0.163 e. The highest BCUT2D eigenvalue weighted by Crippen LogP contribution is 2.38. The third-order valence-corrected chi connectivity index (χ3v) is 6.01. The fourth-order valence-electron chi connectivity index (χ4n) is 4.09. The van der Waals surface area contributed by atoms with Gasteiger partial charge < -0.3 is 19.9 Å². The highest BCUT2D eigenvalue weighted by molar-refractivity contribution is 14.1. The molecule has 8 heteroatoms. The van der Waals surface area contributed by atoms with Crippen molar-refractivity contribution in [3.05, 3.63) is 51.6 Å². The second kappa shape index (κ2) is 8.43. The molecule has 156 valence electrons. The Morgan fingerprint density at radius 1 is 1.24 bits per heavy atom. The van der Waals surface area contributed by atoms with Crippen LogP contribution in [0.25, 0.3) is 0 Å². The molecule has 2 unspecified atom stereocenters. The van der Waals surface area contributed by atoms with Crippen LogP contribution in [-0.4, -0.2) is 34.1 Å². The van der Waals surface area contributed by atoms with Crippen LogP contribution in [0.4, 0.5) is 15.8 Å². The number of fused-ring (bicyclic) bond motifs is 1. The van der Waals surface area contributed by atoms with Crippen molar-refractivity contribution in [2.45, 2.75) is 63.4 Å². The molecule has 0 spiro atoms. The molecule has 1 aromatic carbocycles. The topological polar surface area (TPSA) is 75.6 Å². The SMILES string of the molecule is CC1(C)O[C@@H]2CCCC(NC(O)c3ccncc3Nc3ccc(I)cc3F)[C@@H]2O1. The summed E-state index contributed by atoms with van der Waals surface area (Å²) in [6.45, 7) is 3.83. The van der Waals surface area contributed by atoms with Crippen LogP contribution < -0.4 is 10.6 Å². The molecule has 1 saturated carbocycles. The van der Waals surface area contributed by atoms with Crippen LogP contribution in [0.15, 0.2) is 36.7 Å². The Labute approximate surface area is 183 Å². The van der Waals surface area contributed by atoms with Crippen molar-refractivity contribution in [2.75, 3.05) is 5.32 Å². The summed E-state index contributed by atoms with van der Waals surface area (Å²) in [7, 11) is 0. The van der Waals surface area contributed by atoms with Gasteiger partial charge in [0, 0.05) is 21.4 Å². The summed E-state index contributed by atoms with van der Waals surface area (Å²) >= 11 is 2.06. The van der Waals surface area contributed by atoms with Crippen LogP contribution in [0.1, 0.15) is 44.9 Å². The number of benzene rings is 1. The number of nitrogens with one attached hydrogen (secondary N) is 2. The number of hydrogen-bond acceptors (Lipinski definition) is 6. The first-order chi connectivity index (χ1) is 13.8. The number of nitrogens with zero attached hydrogens (tertiary/aromatic N) is 1. The first-order valence-electron chi connectivity index (χ1n) is 9.78. The van der Waals surface area contributed by atoms with Gasteiger partial charge in [-0.3, -0.25) is 10.3 Å². The number of hydrogen-bond donors (Lipinski definition) is 3. The molecule has 0 bridgehead atoms. The Balaban J connectivity index is 1.51. The molecule has 2 fully saturated rings. The monoisotopic (exact) mass is 513 g/mol. The lowest BCUT2D eigenvalue weighted by atomic mass is 9.90. The molecule has 1 aliphatic carbocycles. The van der Waals surface area contributed by atoms with Gasteiger partial charge in [-0.25, -0.2) is 4.39 Å². The van der Waals surface area contributed by atoms with Gasteiger partial charge in [0.25, 0.3) is 0 Å². The molecule has 3 N–H and O–H groups in total. The zero-order valence-corrected chi connectivity index (χ0v) is 18.5. The standard InChI is InChI=1S/C21H25FIN3O3/c1-21(2)28-18-5-3-4-16(19(18)29-21)26-20(27)13-8-9-24-11-17(13)25-15-7-6-12(23)10-14(15)22/h6-11,16,18-20,25-27H,3-5H2,1-2H3/t16?,18-,19+,20?/m1/s1. The van der Waals surface area contributed by atoms with Crippen LogP contribution in [-0.2, 0) is 9.47 Å². The highest BCUT2D eigenvalue weighted by Gasteiger charge is 2.47. The number of ether oxygens (including phenoxy) is 2. The molecule has 0 radical (unpaired) electrons. The fraction of sp³-hybridized carbons (Fsp3) is 0.476. The lowest BCUT2D eigenvalue weighted by Crippen LogP contribution is -2.49. The zero-order chi connectivity index (χ0) is 20.6. The van der Waals surface area contributed by atoms with Crippen molar-refractivity contribution in [1.29, 1.82) is 0 Å². The summed E-state index contributed by atoms with van der Waals surface area (Å²) in [5.41, 5.74) is 1.47. The number of rotatable bonds is 5. The Kier molecular flexibility index (Phi) is 6.08. The second-order valence-corrected chi connectivity index (χ2v) is 9.20. The summed E-state index contributed by atoms with van der Waals surface area (Å²) in [5, 5.41) is 17.3. The number of aliphatic hydroxyl groups excluding tert-OH is 1. The molecule has 2 aliphatic rings. The molecule has 4 atom stereocenters. The minimum Gasteiger partial charge on any atom is -0.374 e. The minimum atomic E-state index is -0.955. The Hall–Kier alpha value is -1.33. The van der Waals surface area contributed by atoms with Gasteiger partial charge in [0.05, 0.1) is 23.7 Å².